The fourth-order valence-corrected chi connectivity index (χ4v) is 3.78. The van der Waals surface area contributed by atoms with Gasteiger partial charge in [0.05, 0.1) is 19.2 Å². The molecule has 3 nitrogen and oxygen atoms in total. The van der Waals surface area contributed by atoms with Crippen molar-refractivity contribution in [2.24, 2.45) is 0 Å². The first-order chi connectivity index (χ1) is 12.8. The Balaban J connectivity index is 1.76. The van der Waals surface area contributed by atoms with E-state index in [1.165, 1.54) is 11.1 Å². The molecule has 0 saturated heterocycles. The second kappa shape index (κ2) is 8.01. The third-order valence-electron chi connectivity index (χ3n) is 5.59. The van der Waals surface area contributed by atoms with E-state index in [4.69, 9.17) is 9.26 Å². The molecule has 1 atom stereocenters. The quantitative estimate of drug-likeness (QED) is 0.566. The van der Waals surface area contributed by atoms with Gasteiger partial charge in [-0.15, -0.1) is 5.06 Å². The summed E-state index contributed by atoms with van der Waals surface area (Å²) in [5.74, 6) is 0.907. The zero-order valence-electron chi connectivity index (χ0n) is 17.1. The Labute approximate surface area is 164 Å². The van der Waals surface area contributed by atoms with Crippen LogP contribution in [0.25, 0.3) is 0 Å². The van der Waals surface area contributed by atoms with Crippen LogP contribution in [0.2, 0.25) is 18.1 Å². The first kappa shape index (κ1) is 19.9. The second-order valence-electron chi connectivity index (χ2n) is 8.69. The summed E-state index contributed by atoms with van der Waals surface area (Å²) < 4.78 is 6.38. The summed E-state index contributed by atoms with van der Waals surface area (Å²) in [4.78, 5) is 6.23. The van der Waals surface area contributed by atoms with Gasteiger partial charge in [-0.05, 0) is 35.3 Å². The van der Waals surface area contributed by atoms with E-state index in [1.807, 2.05) is 12.1 Å². The lowest BCUT2D eigenvalue weighted by atomic mass is 10.1. The Bertz CT molecular complexity index is 766. The summed E-state index contributed by atoms with van der Waals surface area (Å²) in [6, 6.07) is 21.1. The molecular formula is C23H31NO2Si. The van der Waals surface area contributed by atoms with Gasteiger partial charge >= 0.3 is 0 Å². The number of hydrogen-bond donors (Lipinski definition) is 0. The van der Waals surface area contributed by atoms with Crippen molar-refractivity contribution in [3.8, 4) is 0 Å². The Morgan fingerprint density at radius 3 is 2.15 bits per heavy atom. The molecule has 0 amide bonds. The minimum absolute atomic E-state index is 0.101. The minimum atomic E-state index is -1.81. The summed E-state index contributed by atoms with van der Waals surface area (Å²) in [5, 5.41) is 2.24. The summed E-state index contributed by atoms with van der Waals surface area (Å²) in [6.07, 6.45) is 2.20. The predicted octanol–water partition coefficient (Wildman–Crippen LogP) is 6.08. The monoisotopic (exact) mass is 381 g/mol. The Kier molecular flexibility index (Phi) is 5.89. The largest absolute Gasteiger partial charge is 0.409 e. The maximum atomic E-state index is 6.38. The molecular weight excluding hydrogens is 350 g/mol. The van der Waals surface area contributed by atoms with Gasteiger partial charge in [-0.1, -0.05) is 81.4 Å². The molecule has 0 fully saturated rings. The van der Waals surface area contributed by atoms with Crippen LogP contribution in [0.5, 0.6) is 0 Å². The molecule has 1 aliphatic heterocycles. The molecule has 0 N–H and O–H groups in total. The number of nitrogens with zero attached hydrogens (tertiary/aromatic N) is 1. The Morgan fingerprint density at radius 2 is 1.56 bits per heavy atom. The molecule has 2 aromatic carbocycles. The number of rotatable bonds is 6. The molecule has 1 heterocycles. The topological polar surface area (TPSA) is 21.7 Å². The van der Waals surface area contributed by atoms with E-state index in [9.17, 15) is 0 Å². The smallest absolute Gasteiger partial charge is 0.192 e. The molecule has 27 heavy (non-hydrogen) atoms. The van der Waals surface area contributed by atoms with Crippen LogP contribution >= 0.6 is 0 Å². The van der Waals surface area contributed by atoms with Gasteiger partial charge in [0.2, 0.25) is 0 Å². The molecule has 3 rings (SSSR count). The Hall–Kier alpha value is -1.88. The van der Waals surface area contributed by atoms with Crippen molar-refractivity contribution in [1.29, 1.82) is 0 Å². The van der Waals surface area contributed by atoms with E-state index < -0.39 is 8.32 Å². The van der Waals surface area contributed by atoms with Crippen LogP contribution < -0.4 is 0 Å². The normalized spacial score (nSPS) is 18.3. The first-order valence-electron chi connectivity index (χ1n) is 9.64. The van der Waals surface area contributed by atoms with Crippen molar-refractivity contribution in [2.45, 2.75) is 51.5 Å². The molecule has 0 radical (unpaired) electrons. The molecule has 0 aliphatic carbocycles. The number of benzene rings is 2. The Morgan fingerprint density at radius 1 is 0.963 bits per heavy atom. The van der Waals surface area contributed by atoms with E-state index in [2.05, 4.69) is 93.5 Å². The van der Waals surface area contributed by atoms with E-state index >= 15 is 0 Å². The van der Waals surface area contributed by atoms with Gasteiger partial charge in [0.1, 0.15) is 5.76 Å². The third kappa shape index (κ3) is 4.89. The molecule has 1 unspecified atom stereocenters. The van der Waals surface area contributed by atoms with Gasteiger partial charge in [-0.3, -0.25) is 0 Å². The lowest BCUT2D eigenvalue weighted by Crippen LogP contribution is -2.41. The van der Waals surface area contributed by atoms with Gasteiger partial charge in [-0.2, -0.15) is 0 Å². The van der Waals surface area contributed by atoms with Crippen LogP contribution in [-0.2, 0) is 15.8 Å². The first-order valence-corrected chi connectivity index (χ1v) is 12.6. The van der Waals surface area contributed by atoms with E-state index in [-0.39, 0.29) is 11.1 Å². The fourth-order valence-electron chi connectivity index (χ4n) is 2.85. The average Bonchev–Trinajstić information content (AvgIpc) is 3.03. The van der Waals surface area contributed by atoms with Crippen molar-refractivity contribution in [3.05, 3.63) is 83.6 Å². The predicted molar refractivity (Wildman–Crippen MR) is 113 cm³/mol. The molecule has 2 aromatic rings. The summed E-state index contributed by atoms with van der Waals surface area (Å²) in [6.45, 7) is 12.6. The lowest BCUT2D eigenvalue weighted by Gasteiger charge is -2.36. The van der Waals surface area contributed by atoms with Crippen LogP contribution in [0, 0.1) is 0 Å². The van der Waals surface area contributed by atoms with Gasteiger partial charge in [0.25, 0.3) is 0 Å². The molecule has 0 aromatic heterocycles. The molecule has 0 saturated carbocycles. The highest BCUT2D eigenvalue weighted by Crippen LogP contribution is 2.38. The highest BCUT2D eigenvalue weighted by atomic mass is 28.4. The summed E-state index contributed by atoms with van der Waals surface area (Å²) in [7, 11) is -1.81. The van der Waals surface area contributed by atoms with Crippen LogP contribution in [0.15, 0.2) is 72.5 Å². The fraction of sp³-hybridized carbons (Fsp3) is 0.391. The second-order valence-corrected chi connectivity index (χ2v) is 13.5. The molecule has 0 spiro atoms. The van der Waals surface area contributed by atoms with Crippen LogP contribution in [0.1, 0.15) is 37.9 Å². The average molecular weight is 382 g/mol. The van der Waals surface area contributed by atoms with Gasteiger partial charge in [-0.25, -0.2) is 0 Å². The molecule has 4 heteroatoms. The summed E-state index contributed by atoms with van der Waals surface area (Å²) in [5.41, 5.74) is 2.47. The van der Waals surface area contributed by atoms with E-state index in [1.54, 1.807) is 0 Å². The molecule has 144 valence electrons. The maximum Gasteiger partial charge on any atom is 0.192 e. The highest BCUT2D eigenvalue weighted by molar-refractivity contribution is 6.74. The van der Waals surface area contributed by atoms with Crippen LogP contribution in [0.4, 0.5) is 0 Å². The van der Waals surface area contributed by atoms with Gasteiger partial charge < -0.3 is 9.26 Å². The van der Waals surface area contributed by atoms with Crippen molar-refractivity contribution in [1.82, 2.24) is 5.06 Å². The molecule has 1 aliphatic rings. The molecule has 0 bridgehead atoms. The van der Waals surface area contributed by atoms with E-state index in [0.29, 0.717) is 6.61 Å². The standard InChI is InChI=1S/C23H31NO2Si/c1-23(2,3)27(4,5)25-18-21-16-22(20-14-10-7-11-15-20)24(26-21)17-19-12-8-6-9-13-19/h6-16,22H,17-18H2,1-5H3. The zero-order valence-corrected chi connectivity index (χ0v) is 18.1. The number of hydroxylamine groups is 2. The van der Waals surface area contributed by atoms with Gasteiger partial charge in [0, 0.05) is 0 Å². The van der Waals surface area contributed by atoms with Crippen molar-refractivity contribution in [2.75, 3.05) is 6.61 Å². The zero-order chi connectivity index (χ0) is 19.5. The maximum absolute atomic E-state index is 6.38. The van der Waals surface area contributed by atoms with Crippen molar-refractivity contribution in [3.63, 3.8) is 0 Å². The number of hydrogen-bond acceptors (Lipinski definition) is 3. The van der Waals surface area contributed by atoms with Crippen LogP contribution in [0.3, 0.4) is 0 Å². The van der Waals surface area contributed by atoms with E-state index in [0.717, 1.165) is 12.3 Å². The van der Waals surface area contributed by atoms with Crippen LogP contribution in [-0.4, -0.2) is 20.0 Å². The lowest BCUT2D eigenvalue weighted by molar-refractivity contribution is -0.132. The minimum Gasteiger partial charge on any atom is -0.409 e. The third-order valence-corrected chi connectivity index (χ3v) is 10.1. The summed E-state index contributed by atoms with van der Waals surface area (Å²) >= 11 is 0. The van der Waals surface area contributed by atoms with Crippen molar-refractivity contribution >= 4 is 8.32 Å². The SMILES string of the molecule is CC(C)(C)[Si](C)(C)OCC1=CC(c2ccccc2)N(Cc2ccccc2)O1. The van der Waals surface area contributed by atoms with Crippen molar-refractivity contribution < 1.29 is 9.26 Å². The van der Waals surface area contributed by atoms with Gasteiger partial charge in [0.15, 0.2) is 8.32 Å². The highest BCUT2D eigenvalue weighted by Gasteiger charge is 2.38.